The van der Waals surface area contributed by atoms with E-state index in [-0.39, 0.29) is 0 Å². The Bertz CT molecular complexity index is 386. The van der Waals surface area contributed by atoms with Crippen LogP contribution < -0.4 is 5.73 Å². The molecule has 0 aromatic carbocycles. The molecule has 1 aromatic rings. The van der Waals surface area contributed by atoms with Crippen LogP contribution in [0, 0.1) is 22.3 Å². The molecule has 0 spiro atoms. The van der Waals surface area contributed by atoms with Crippen molar-refractivity contribution in [2.45, 2.75) is 46.1 Å². The van der Waals surface area contributed by atoms with Gasteiger partial charge in [0.1, 0.15) is 5.82 Å². The van der Waals surface area contributed by atoms with Crippen LogP contribution in [0.3, 0.4) is 0 Å². The van der Waals surface area contributed by atoms with Crippen LogP contribution in [0.1, 0.15) is 44.8 Å². The molecule has 3 nitrogen and oxygen atoms in total. The number of nitrogens with two attached hydrogens (primary N) is 1. The highest BCUT2D eigenvalue weighted by molar-refractivity contribution is 14.1. The third kappa shape index (κ3) is 2.08. The molecule has 1 saturated carbocycles. The van der Waals surface area contributed by atoms with Crippen molar-refractivity contribution in [2.75, 3.05) is 5.73 Å². The molecule has 1 aliphatic rings. The summed E-state index contributed by atoms with van der Waals surface area (Å²) >= 11 is 2.29. The van der Waals surface area contributed by atoms with Crippen LogP contribution in [0.25, 0.3) is 0 Å². The minimum atomic E-state index is 0.508. The number of aromatic nitrogens is 2. The van der Waals surface area contributed by atoms with E-state index in [2.05, 4.69) is 46.2 Å². The number of hydrogen-bond acceptors (Lipinski definition) is 2. The van der Waals surface area contributed by atoms with Gasteiger partial charge in [0.25, 0.3) is 0 Å². The number of nitrogens with zero attached hydrogens (tertiary/aromatic N) is 2. The Hall–Kier alpha value is -0.260. The molecule has 1 aliphatic carbocycles. The lowest BCUT2D eigenvalue weighted by atomic mass is 9.79. The fraction of sp³-hybridized carbons (Fsp3) is 0.750. The normalized spacial score (nSPS) is 30.6. The molecule has 0 amide bonds. The van der Waals surface area contributed by atoms with Crippen LogP contribution in [0.2, 0.25) is 0 Å². The molecule has 3 unspecified atom stereocenters. The molecule has 0 bridgehead atoms. The van der Waals surface area contributed by atoms with E-state index in [1.807, 2.05) is 6.92 Å². The first kappa shape index (κ1) is 12.2. The zero-order chi connectivity index (χ0) is 11.9. The van der Waals surface area contributed by atoms with E-state index in [0.717, 1.165) is 26.9 Å². The number of anilines is 1. The van der Waals surface area contributed by atoms with E-state index >= 15 is 0 Å². The van der Waals surface area contributed by atoms with Gasteiger partial charge >= 0.3 is 0 Å². The summed E-state index contributed by atoms with van der Waals surface area (Å²) in [7, 11) is 0. The lowest BCUT2D eigenvalue weighted by Gasteiger charge is -2.32. The second-order valence-corrected chi connectivity index (χ2v) is 6.23. The molecule has 2 rings (SSSR count). The van der Waals surface area contributed by atoms with Gasteiger partial charge in [0.15, 0.2) is 0 Å². The van der Waals surface area contributed by atoms with Crippen LogP contribution in [0.15, 0.2) is 0 Å². The highest BCUT2D eigenvalue weighted by atomic mass is 127. The first-order chi connectivity index (χ1) is 7.50. The first-order valence-electron chi connectivity index (χ1n) is 6.00. The topological polar surface area (TPSA) is 43.8 Å². The summed E-state index contributed by atoms with van der Waals surface area (Å²) in [6.07, 6.45) is 3.72. The Kier molecular flexibility index (Phi) is 3.47. The summed E-state index contributed by atoms with van der Waals surface area (Å²) in [5.41, 5.74) is 7.17. The maximum absolute atomic E-state index is 6.11. The Balaban J connectivity index is 2.22. The van der Waals surface area contributed by atoms with E-state index in [9.17, 15) is 0 Å². The van der Waals surface area contributed by atoms with Crippen molar-refractivity contribution >= 4 is 28.4 Å². The number of nitrogen functional groups attached to an aromatic ring is 1. The minimum Gasteiger partial charge on any atom is -0.383 e. The second-order valence-electron chi connectivity index (χ2n) is 5.15. The van der Waals surface area contributed by atoms with Gasteiger partial charge in [-0.05, 0) is 60.6 Å². The summed E-state index contributed by atoms with van der Waals surface area (Å²) in [6, 6.07) is 0.508. The fourth-order valence-corrected chi connectivity index (χ4v) is 2.92. The average molecular weight is 333 g/mol. The molecule has 0 radical (unpaired) electrons. The Morgan fingerprint density at radius 2 is 2.00 bits per heavy atom. The van der Waals surface area contributed by atoms with Crippen molar-refractivity contribution in [1.82, 2.24) is 9.78 Å². The number of hydrogen-bond donors (Lipinski definition) is 1. The van der Waals surface area contributed by atoms with Crippen LogP contribution >= 0.6 is 22.6 Å². The van der Waals surface area contributed by atoms with E-state index in [1.165, 1.54) is 19.3 Å². The molecule has 1 aromatic heterocycles. The molecule has 1 fully saturated rings. The summed E-state index contributed by atoms with van der Waals surface area (Å²) in [4.78, 5) is 0. The molecule has 90 valence electrons. The van der Waals surface area contributed by atoms with Crippen LogP contribution in [-0.4, -0.2) is 9.78 Å². The molecule has 16 heavy (non-hydrogen) atoms. The zero-order valence-electron chi connectivity index (χ0n) is 10.2. The average Bonchev–Trinajstić information content (AvgIpc) is 2.50. The van der Waals surface area contributed by atoms with Gasteiger partial charge < -0.3 is 5.73 Å². The highest BCUT2D eigenvalue weighted by Gasteiger charge is 2.27. The number of aryl methyl sites for hydroxylation is 1. The minimum absolute atomic E-state index is 0.508. The molecule has 0 saturated heterocycles. The van der Waals surface area contributed by atoms with Gasteiger partial charge in [-0.25, -0.2) is 4.68 Å². The van der Waals surface area contributed by atoms with Crippen molar-refractivity contribution in [3.8, 4) is 0 Å². The van der Waals surface area contributed by atoms with E-state index in [0.29, 0.717) is 6.04 Å². The lowest BCUT2D eigenvalue weighted by molar-refractivity contribution is 0.202. The molecule has 0 aliphatic heterocycles. The highest BCUT2D eigenvalue weighted by Crippen LogP contribution is 2.37. The maximum Gasteiger partial charge on any atom is 0.135 e. The van der Waals surface area contributed by atoms with E-state index in [1.54, 1.807) is 0 Å². The van der Waals surface area contributed by atoms with Crippen molar-refractivity contribution in [2.24, 2.45) is 11.8 Å². The molecular weight excluding hydrogens is 313 g/mol. The number of halogens is 1. The lowest BCUT2D eigenvalue weighted by Crippen LogP contribution is -2.24. The molecule has 4 heteroatoms. The number of rotatable bonds is 1. The van der Waals surface area contributed by atoms with Gasteiger partial charge in [0, 0.05) is 0 Å². The quantitative estimate of drug-likeness (QED) is 0.801. The predicted octanol–water partition coefficient (Wildman–Crippen LogP) is 3.38. The molecule has 2 N–H and O–H groups in total. The summed E-state index contributed by atoms with van der Waals surface area (Å²) in [5.74, 6) is 2.47. The van der Waals surface area contributed by atoms with Gasteiger partial charge in [-0.3, -0.25) is 0 Å². The van der Waals surface area contributed by atoms with E-state index in [4.69, 9.17) is 5.73 Å². The fourth-order valence-electron chi connectivity index (χ4n) is 2.56. The van der Waals surface area contributed by atoms with Gasteiger partial charge in [-0.2, -0.15) is 5.10 Å². The third-order valence-electron chi connectivity index (χ3n) is 3.96. The Labute approximate surface area is 111 Å². The van der Waals surface area contributed by atoms with Crippen molar-refractivity contribution in [3.05, 3.63) is 9.26 Å². The Morgan fingerprint density at radius 3 is 2.50 bits per heavy atom. The van der Waals surface area contributed by atoms with Gasteiger partial charge in [0.05, 0.1) is 15.3 Å². The largest absolute Gasteiger partial charge is 0.383 e. The standard InChI is InChI=1S/C12H20IN3/c1-7-4-5-10(6-8(7)2)16-12(14)11(13)9(3)15-16/h7-8,10H,4-6,14H2,1-3H3. The molecule has 1 heterocycles. The van der Waals surface area contributed by atoms with Gasteiger partial charge in [-0.15, -0.1) is 0 Å². The monoisotopic (exact) mass is 333 g/mol. The van der Waals surface area contributed by atoms with E-state index < -0.39 is 0 Å². The van der Waals surface area contributed by atoms with Crippen molar-refractivity contribution in [1.29, 1.82) is 0 Å². The Morgan fingerprint density at radius 1 is 1.31 bits per heavy atom. The predicted molar refractivity (Wildman–Crippen MR) is 75.3 cm³/mol. The smallest absolute Gasteiger partial charge is 0.135 e. The van der Waals surface area contributed by atoms with Gasteiger partial charge in [-0.1, -0.05) is 13.8 Å². The molecular formula is C12H20IN3. The van der Waals surface area contributed by atoms with Crippen LogP contribution in [-0.2, 0) is 0 Å². The summed E-state index contributed by atoms with van der Waals surface area (Å²) in [6.45, 7) is 6.72. The summed E-state index contributed by atoms with van der Waals surface area (Å²) < 4.78 is 3.17. The zero-order valence-corrected chi connectivity index (χ0v) is 12.4. The third-order valence-corrected chi connectivity index (χ3v) is 5.30. The first-order valence-corrected chi connectivity index (χ1v) is 7.08. The van der Waals surface area contributed by atoms with Crippen LogP contribution in [0.4, 0.5) is 5.82 Å². The van der Waals surface area contributed by atoms with Gasteiger partial charge in [0.2, 0.25) is 0 Å². The molecule has 3 atom stereocenters. The summed E-state index contributed by atoms with van der Waals surface area (Å²) in [5, 5.41) is 4.58. The second kappa shape index (κ2) is 4.55. The van der Waals surface area contributed by atoms with Crippen LogP contribution in [0.5, 0.6) is 0 Å². The van der Waals surface area contributed by atoms with Crippen molar-refractivity contribution < 1.29 is 0 Å². The SMILES string of the molecule is Cc1nn(C2CCC(C)C(C)C2)c(N)c1I. The maximum atomic E-state index is 6.11. The van der Waals surface area contributed by atoms with Crippen molar-refractivity contribution in [3.63, 3.8) is 0 Å².